The van der Waals surface area contributed by atoms with Gasteiger partial charge in [-0.2, -0.15) is 14.3 Å². The number of rotatable bonds is 6. The normalized spacial score (nSPS) is 16.3. The summed E-state index contributed by atoms with van der Waals surface area (Å²) < 4.78 is 67.6. The maximum atomic E-state index is 13.8. The zero-order valence-electron chi connectivity index (χ0n) is 17.1. The summed E-state index contributed by atoms with van der Waals surface area (Å²) in [7, 11) is -8.04. The molecule has 0 radical (unpaired) electrons. The summed E-state index contributed by atoms with van der Waals surface area (Å²) in [6.45, 7) is 1.54. The summed E-state index contributed by atoms with van der Waals surface area (Å²) in [5, 5.41) is 8.85. The van der Waals surface area contributed by atoms with Crippen molar-refractivity contribution in [2.75, 3.05) is 26.2 Å². The minimum absolute atomic E-state index is 0.0286. The number of sulfonamides is 2. The molecule has 3 rings (SSSR count). The first-order valence-corrected chi connectivity index (χ1v) is 12.5. The Morgan fingerprint density at radius 2 is 1.62 bits per heavy atom. The van der Waals surface area contributed by atoms with Gasteiger partial charge in [-0.05, 0) is 43.3 Å². The van der Waals surface area contributed by atoms with Gasteiger partial charge in [0.05, 0.1) is 22.6 Å². The van der Waals surface area contributed by atoms with Gasteiger partial charge >= 0.3 is 0 Å². The Morgan fingerprint density at radius 1 is 1.03 bits per heavy atom. The topological polar surface area (TPSA) is 128 Å². The Labute approximate surface area is 186 Å². The number of carbonyl (C=O) groups excluding carboxylic acids is 1. The fraction of sp³-hybridized carbons (Fsp3) is 0.300. The number of halogens is 1. The van der Waals surface area contributed by atoms with Gasteiger partial charge in [-0.15, -0.1) is 0 Å². The molecule has 9 nitrogen and oxygen atoms in total. The molecule has 12 heteroatoms. The molecule has 0 aromatic heterocycles. The first-order chi connectivity index (χ1) is 15.1. The van der Waals surface area contributed by atoms with E-state index < -0.39 is 42.7 Å². The second-order valence-corrected chi connectivity index (χ2v) is 10.8. The minimum Gasteiger partial charge on any atom is -0.339 e. The summed E-state index contributed by atoms with van der Waals surface area (Å²) in [6, 6.07) is 11.1. The quantitative estimate of drug-likeness (QED) is 0.654. The average Bonchev–Trinajstić information content (AvgIpc) is 2.78. The minimum atomic E-state index is -4.25. The molecule has 1 fully saturated rings. The van der Waals surface area contributed by atoms with Gasteiger partial charge in [0, 0.05) is 26.2 Å². The van der Waals surface area contributed by atoms with Crippen molar-refractivity contribution in [2.45, 2.75) is 22.8 Å². The van der Waals surface area contributed by atoms with Crippen LogP contribution in [0.4, 0.5) is 4.39 Å². The molecule has 32 heavy (non-hydrogen) atoms. The highest BCUT2D eigenvalue weighted by Gasteiger charge is 2.33. The van der Waals surface area contributed by atoms with E-state index in [2.05, 4.69) is 4.72 Å². The molecule has 1 saturated heterocycles. The van der Waals surface area contributed by atoms with Crippen LogP contribution in [0.15, 0.2) is 58.3 Å². The van der Waals surface area contributed by atoms with Crippen molar-refractivity contribution < 1.29 is 26.0 Å². The first kappa shape index (κ1) is 23.8. The third-order valence-electron chi connectivity index (χ3n) is 5.00. The third-order valence-corrected chi connectivity index (χ3v) is 8.49. The van der Waals surface area contributed by atoms with E-state index in [9.17, 15) is 26.0 Å². The van der Waals surface area contributed by atoms with Gasteiger partial charge in [0.2, 0.25) is 26.0 Å². The van der Waals surface area contributed by atoms with Crippen molar-refractivity contribution in [2.24, 2.45) is 0 Å². The Hall–Kier alpha value is -2.85. The molecule has 1 heterocycles. The monoisotopic (exact) mass is 480 g/mol. The third kappa shape index (κ3) is 4.97. The molecule has 0 spiro atoms. The number of hydrogen-bond donors (Lipinski definition) is 1. The maximum Gasteiger partial charge on any atom is 0.244 e. The average molecular weight is 481 g/mol. The van der Waals surface area contributed by atoms with E-state index in [1.54, 1.807) is 0 Å². The number of piperazine rings is 1. The van der Waals surface area contributed by atoms with Crippen LogP contribution in [0.1, 0.15) is 12.5 Å². The van der Waals surface area contributed by atoms with Crippen molar-refractivity contribution in [3.05, 3.63) is 59.9 Å². The van der Waals surface area contributed by atoms with Crippen molar-refractivity contribution in [3.8, 4) is 6.07 Å². The van der Waals surface area contributed by atoms with E-state index >= 15 is 0 Å². The predicted octanol–water partition coefficient (Wildman–Crippen LogP) is 0.897. The molecule has 2 aromatic carbocycles. The van der Waals surface area contributed by atoms with Crippen LogP contribution in [0.5, 0.6) is 0 Å². The Morgan fingerprint density at radius 3 is 2.19 bits per heavy atom. The Kier molecular flexibility index (Phi) is 6.94. The van der Waals surface area contributed by atoms with E-state index in [-0.39, 0.29) is 31.1 Å². The van der Waals surface area contributed by atoms with E-state index in [4.69, 9.17) is 5.26 Å². The lowest BCUT2D eigenvalue weighted by Crippen LogP contribution is -2.55. The van der Waals surface area contributed by atoms with Crippen molar-refractivity contribution in [1.29, 1.82) is 5.26 Å². The van der Waals surface area contributed by atoms with E-state index in [0.717, 1.165) is 12.1 Å². The molecule has 1 atom stereocenters. The van der Waals surface area contributed by atoms with Crippen molar-refractivity contribution in [3.63, 3.8) is 0 Å². The lowest BCUT2D eigenvalue weighted by Gasteiger charge is -2.35. The number of carbonyl (C=O) groups is 1. The molecular weight excluding hydrogens is 459 g/mol. The van der Waals surface area contributed by atoms with Crippen LogP contribution < -0.4 is 4.72 Å². The van der Waals surface area contributed by atoms with Crippen LogP contribution in [-0.2, 0) is 24.8 Å². The van der Waals surface area contributed by atoms with Crippen molar-refractivity contribution in [1.82, 2.24) is 13.9 Å². The zero-order chi connectivity index (χ0) is 23.5. The molecule has 170 valence electrons. The predicted molar refractivity (Wildman–Crippen MR) is 113 cm³/mol. The second kappa shape index (κ2) is 9.33. The van der Waals surface area contributed by atoms with Crippen LogP contribution in [0.3, 0.4) is 0 Å². The molecule has 0 bridgehead atoms. The van der Waals surface area contributed by atoms with Gasteiger partial charge in [-0.1, -0.05) is 12.1 Å². The Bertz CT molecular complexity index is 1250. The molecule has 0 saturated carbocycles. The largest absolute Gasteiger partial charge is 0.339 e. The number of nitriles is 1. The lowest BCUT2D eigenvalue weighted by atomic mass is 10.2. The highest BCUT2D eigenvalue weighted by molar-refractivity contribution is 7.89. The second-order valence-electron chi connectivity index (χ2n) is 7.14. The highest BCUT2D eigenvalue weighted by atomic mass is 32.2. The van der Waals surface area contributed by atoms with Crippen LogP contribution in [0, 0.1) is 17.1 Å². The van der Waals surface area contributed by atoms with Crippen LogP contribution in [-0.4, -0.2) is 64.2 Å². The number of nitrogens with zero attached hydrogens (tertiary/aromatic N) is 3. The lowest BCUT2D eigenvalue weighted by molar-refractivity contribution is -0.133. The summed E-state index contributed by atoms with van der Waals surface area (Å²) in [5.41, 5.74) is 0.339. The highest BCUT2D eigenvalue weighted by Crippen LogP contribution is 2.19. The molecule has 0 aliphatic carbocycles. The number of benzene rings is 2. The summed E-state index contributed by atoms with van der Waals surface area (Å²) in [6.07, 6.45) is 0. The molecule has 1 N–H and O–H groups in total. The number of amides is 1. The van der Waals surface area contributed by atoms with Crippen LogP contribution >= 0.6 is 0 Å². The summed E-state index contributed by atoms with van der Waals surface area (Å²) in [4.78, 5) is 13.5. The molecular formula is C20H21FN4O5S2. The fourth-order valence-electron chi connectivity index (χ4n) is 3.28. The van der Waals surface area contributed by atoms with Crippen LogP contribution in [0.25, 0.3) is 0 Å². The Balaban J connectivity index is 1.63. The van der Waals surface area contributed by atoms with Gasteiger partial charge < -0.3 is 4.90 Å². The standard InChI is InChI=1S/C20H21FN4O5S2/c1-15(23-31(27,28)19-5-3-2-4-18(19)21)20(26)24-10-12-25(13-11-24)32(29,30)17-8-6-16(14-22)7-9-17/h2-9,15,23H,10-13H2,1H3/t15-/m0/s1. The first-order valence-electron chi connectivity index (χ1n) is 9.62. The maximum absolute atomic E-state index is 13.8. The van der Waals surface area contributed by atoms with Gasteiger partial charge in [0.15, 0.2) is 0 Å². The van der Waals surface area contributed by atoms with Crippen LogP contribution in [0.2, 0.25) is 0 Å². The molecule has 1 aliphatic rings. The van der Waals surface area contributed by atoms with Gasteiger partial charge in [-0.25, -0.2) is 21.2 Å². The van der Waals surface area contributed by atoms with E-state index in [1.165, 1.54) is 52.5 Å². The number of hydrogen-bond acceptors (Lipinski definition) is 6. The SMILES string of the molecule is C[C@H](NS(=O)(=O)c1ccccc1F)C(=O)N1CCN(S(=O)(=O)c2ccc(C#N)cc2)CC1. The van der Waals surface area contributed by atoms with Gasteiger partial charge in [0.25, 0.3) is 0 Å². The van der Waals surface area contributed by atoms with E-state index in [1.807, 2.05) is 6.07 Å². The van der Waals surface area contributed by atoms with Gasteiger partial charge in [-0.3, -0.25) is 4.79 Å². The van der Waals surface area contributed by atoms with Crippen molar-refractivity contribution >= 4 is 26.0 Å². The molecule has 2 aromatic rings. The molecule has 0 unspecified atom stereocenters. The summed E-state index contributed by atoms with van der Waals surface area (Å²) in [5.74, 6) is -1.47. The number of nitrogens with one attached hydrogen (secondary N) is 1. The smallest absolute Gasteiger partial charge is 0.244 e. The zero-order valence-corrected chi connectivity index (χ0v) is 18.7. The molecule has 1 aliphatic heterocycles. The summed E-state index contributed by atoms with van der Waals surface area (Å²) >= 11 is 0. The van der Waals surface area contributed by atoms with Gasteiger partial charge in [0.1, 0.15) is 10.7 Å². The van der Waals surface area contributed by atoms with E-state index in [0.29, 0.717) is 5.56 Å². The fourth-order valence-corrected chi connectivity index (χ4v) is 5.98. The molecule has 1 amide bonds.